The summed E-state index contributed by atoms with van der Waals surface area (Å²) in [6.45, 7) is 4.48. The predicted molar refractivity (Wildman–Crippen MR) is 86.6 cm³/mol. The molecule has 0 bridgehead atoms. The molecule has 3 atom stereocenters. The molecule has 1 fully saturated rings. The van der Waals surface area contributed by atoms with Crippen LogP contribution in [0.25, 0.3) is 10.7 Å². The van der Waals surface area contributed by atoms with Crippen molar-refractivity contribution in [3.63, 3.8) is 0 Å². The number of carbonyl (C=O) groups excluding carboxylic acids is 1. The maximum atomic E-state index is 10.7. The second-order valence-corrected chi connectivity index (χ2v) is 6.52. The van der Waals surface area contributed by atoms with Crippen molar-refractivity contribution in [3.05, 3.63) is 29.2 Å². The molecule has 0 aromatic carbocycles. The minimum atomic E-state index is -0.435. The Hall–Kier alpha value is -1.90. The largest absolute Gasteiger partial charge is 0.392 e. The molecule has 3 rings (SSSR count). The number of hydrogen-bond acceptors (Lipinski definition) is 7. The standard InChI is InChI=1S/C15H19N5O2S/c1-9-14(23-8-19-9)15-16-4-11(5-17-15)10(2)20-6-12(22)3-13(20)18-7-21/h4-5,7-8,10,12-13,22H,3,6H2,1-2H3,(H,18,21)/t10?,12-,13+/m1/s1. The van der Waals surface area contributed by atoms with Gasteiger partial charge in [-0.1, -0.05) is 0 Å². The van der Waals surface area contributed by atoms with E-state index in [9.17, 15) is 9.90 Å². The number of nitrogens with one attached hydrogen (secondary N) is 1. The van der Waals surface area contributed by atoms with Crippen molar-refractivity contribution in [2.75, 3.05) is 6.54 Å². The zero-order chi connectivity index (χ0) is 16.4. The van der Waals surface area contributed by atoms with Gasteiger partial charge in [-0.25, -0.2) is 15.0 Å². The van der Waals surface area contributed by atoms with Crippen molar-refractivity contribution in [1.29, 1.82) is 0 Å². The summed E-state index contributed by atoms with van der Waals surface area (Å²) in [6, 6.07) is 0.00112. The smallest absolute Gasteiger partial charge is 0.208 e. The van der Waals surface area contributed by atoms with Crippen LogP contribution in [0.3, 0.4) is 0 Å². The Labute approximate surface area is 138 Å². The summed E-state index contributed by atoms with van der Waals surface area (Å²) >= 11 is 1.52. The van der Waals surface area contributed by atoms with Gasteiger partial charge in [-0.05, 0) is 13.8 Å². The Morgan fingerprint density at radius 3 is 2.78 bits per heavy atom. The summed E-state index contributed by atoms with van der Waals surface area (Å²) < 4.78 is 0. The summed E-state index contributed by atoms with van der Waals surface area (Å²) in [5.41, 5.74) is 3.66. The van der Waals surface area contributed by atoms with E-state index in [1.165, 1.54) is 11.3 Å². The molecule has 1 saturated heterocycles. The maximum absolute atomic E-state index is 10.7. The molecular weight excluding hydrogens is 314 g/mol. The van der Waals surface area contributed by atoms with Crippen molar-refractivity contribution in [3.8, 4) is 10.7 Å². The Bertz CT molecular complexity index is 675. The molecule has 1 amide bonds. The number of β-amino-alcohol motifs (C(OH)–C–C–N with tert-alkyl or cyclic N) is 1. The van der Waals surface area contributed by atoms with Gasteiger partial charge in [0.15, 0.2) is 5.82 Å². The molecule has 1 aliphatic heterocycles. The minimum absolute atomic E-state index is 0.00112. The molecule has 8 heteroatoms. The van der Waals surface area contributed by atoms with Gasteiger partial charge in [0.2, 0.25) is 6.41 Å². The van der Waals surface area contributed by atoms with Crippen LogP contribution < -0.4 is 5.32 Å². The highest BCUT2D eigenvalue weighted by molar-refractivity contribution is 7.13. The predicted octanol–water partition coefficient (Wildman–Crippen LogP) is 1.11. The number of carbonyl (C=O) groups is 1. The third-order valence-electron chi connectivity index (χ3n) is 4.18. The number of rotatable bonds is 5. The summed E-state index contributed by atoms with van der Waals surface area (Å²) in [5.74, 6) is 0.671. The fourth-order valence-corrected chi connectivity index (χ4v) is 3.64. The van der Waals surface area contributed by atoms with E-state index in [0.29, 0.717) is 25.2 Å². The quantitative estimate of drug-likeness (QED) is 0.797. The molecule has 3 heterocycles. The van der Waals surface area contributed by atoms with Crippen molar-refractivity contribution >= 4 is 17.7 Å². The average Bonchev–Trinajstić information content (AvgIpc) is 3.13. The molecule has 2 N–H and O–H groups in total. The lowest BCUT2D eigenvalue weighted by atomic mass is 10.1. The highest BCUT2D eigenvalue weighted by Gasteiger charge is 2.34. The average molecular weight is 333 g/mol. The molecule has 2 aromatic heterocycles. The zero-order valence-electron chi connectivity index (χ0n) is 13.0. The van der Waals surface area contributed by atoms with Crippen LogP contribution in [-0.2, 0) is 4.79 Å². The van der Waals surface area contributed by atoms with Crippen LogP contribution >= 0.6 is 11.3 Å². The first-order valence-corrected chi connectivity index (χ1v) is 8.34. The van der Waals surface area contributed by atoms with Gasteiger partial charge in [0, 0.05) is 37.0 Å². The van der Waals surface area contributed by atoms with Crippen LogP contribution in [0.15, 0.2) is 17.9 Å². The van der Waals surface area contributed by atoms with Gasteiger partial charge >= 0.3 is 0 Å². The summed E-state index contributed by atoms with van der Waals surface area (Å²) in [7, 11) is 0. The molecule has 1 unspecified atom stereocenters. The first-order chi connectivity index (χ1) is 11.1. The number of amides is 1. The van der Waals surface area contributed by atoms with Crippen LogP contribution in [0.4, 0.5) is 0 Å². The summed E-state index contributed by atoms with van der Waals surface area (Å²) in [4.78, 5) is 26.9. The molecule has 0 spiro atoms. The lowest BCUT2D eigenvalue weighted by molar-refractivity contribution is -0.111. The van der Waals surface area contributed by atoms with Crippen molar-refractivity contribution < 1.29 is 9.90 Å². The highest BCUT2D eigenvalue weighted by Crippen LogP contribution is 2.29. The van der Waals surface area contributed by atoms with E-state index in [1.807, 2.05) is 13.8 Å². The van der Waals surface area contributed by atoms with Gasteiger partial charge in [0.1, 0.15) is 0 Å². The normalized spacial score (nSPS) is 22.9. The number of aliphatic hydroxyl groups is 1. The molecule has 0 aliphatic carbocycles. The van der Waals surface area contributed by atoms with Crippen LogP contribution in [0.2, 0.25) is 0 Å². The summed E-state index contributed by atoms with van der Waals surface area (Å²) in [5, 5.41) is 12.6. The topological polar surface area (TPSA) is 91.2 Å². The van der Waals surface area contributed by atoms with E-state index >= 15 is 0 Å². The second-order valence-electron chi connectivity index (χ2n) is 5.67. The van der Waals surface area contributed by atoms with Crippen LogP contribution in [0.1, 0.15) is 30.6 Å². The lowest BCUT2D eigenvalue weighted by Gasteiger charge is -2.29. The van der Waals surface area contributed by atoms with Crippen LogP contribution in [0.5, 0.6) is 0 Å². The van der Waals surface area contributed by atoms with E-state index in [2.05, 4.69) is 25.2 Å². The monoisotopic (exact) mass is 333 g/mol. The van der Waals surface area contributed by atoms with Gasteiger partial charge in [-0.15, -0.1) is 11.3 Å². The molecule has 7 nitrogen and oxygen atoms in total. The number of likely N-dealkylation sites (tertiary alicyclic amines) is 1. The number of aromatic nitrogens is 3. The fourth-order valence-electron chi connectivity index (χ4n) is 2.89. The molecular formula is C15H19N5O2S. The third-order valence-corrected chi connectivity index (χ3v) is 5.10. The molecule has 0 saturated carbocycles. The number of hydrogen-bond donors (Lipinski definition) is 2. The highest BCUT2D eigenvalue weighted by atomic mass is 32.1. The number of aryl methyl sites for hydroxylation is 1. The van der Waals surface area contributed by atoms with Crippen molar-refractivity contribution in [2.24, 2.45) is 0 Å². The molecule has 0 radical (unpaired) electrons. The van der Waals surface area contributed by atoms with E-state index in [-0.39, 0.29) is 12.2 Å². The third kappa shape index (κ3) is 3.24. The van der Waals surface area contributed by atoms with E-state index < -0.39 is 6.10 Å². The van der Waals surface area contributed by atoms with Crippen LogP contribution in [-0.4, -0.2) is 50.2 Å². The zero-order valence-corrected chi connectivity index (χ0v) is 13.8. The first kappa shape index (κ1) is 16.0. The van der Waals surface area contributed by atoms with Gasteiger partial charge in [-0.2, -0.15) is 0 Å². The lowest BCUT2D eigenvalue weighted by Crippen LogP contribution is -2.41. The van der Waals surface area contributed by atoms with E-state index in [1.54, 1.807) is 17.9 Å². The summed E-state index contributed by atoms with van der Waals surface area (Å²) in [6.07, 6.45) is 4.20. The molecule has 23 heavy (non-hydrogen) atoms. The van der Waals surface area contributed by atoms with Crippen LogP contribution in [0, 0.1) is 6.92 Å². The Kier molecular flexibility index (Phi) is 4.65. The molecule has 1 aliphatic rings. The van der Waals surface area contributed by atoms with Crippen molar-refractivity contribution in [2.45, 2.75) is 38.6 Å². The molecule has 2 aromatic rings. The van der Waals surface area contributed by atoms with Gasteiger partial charge in [0.25, 0.3) is 0 Å². The fraction of sp³-hybridized carbons (Fsp3) is 0.467. The van der Waals surface area contributed by atoms with E-state index in [4.69, 9.17) is 0 Å². The second kappa shape index (κ2) is 6.69. The maximum Gasteiger partial charge on any atom is 0.208 e. The Morgan fingerprint density at radius 1 is 1.43 bits per heavy atom. The van der Waals surface area contributed by atoms with Gasteiger partial charge < -0.3 is 10.4 Å². The number of aliphatic hydroxyl groups excluding tert-OH is 1. The Balaban J connectivity index is 1.78. The minimum Gasteiger partial charge on any atom is -0.392 e. The SMILES string of the molecule is Cc1ncsc1-c1ncc(C(C)N2C[C@H](O)C[C@H]2NC=O)cn1. The van der Waals surface area contributed by atoms with Gasteiger partial charge in [-0.3, -0.25) is 9.69 Å². The Morgan fingerprint density at radius 2 is 2.17 bits per heavy atom. The van der Waals surface area contributed by atoms with Crippen molar-refractivity contribution in [1.82, 2.24) is 25.2 Å². The first-order valence-electron chi connectivity index (χ1n) is 7.46. The number of thiazole rings is 1. The molecule has 122 valence electrons. The van der Waals surface area contributed by atoms with Gasteiger partial charge in [0.05, 0.1) is 28.4 Å². The van der Waals surface area contributed by atoms with E-state index in [0.717, 1.165) is 16.1 Å². The number of nitrogens with zero attached hydrogens (tertiary/aromatic N) is 4.